The number of hydrogen-bond acceptors (Lipinski definition) is 3. The van der Waals surface area contributed by atoms with Crippen molar-refractivity contribution in [3.63, 3.8) is 0 Å². The number of nitrogens with one attached hydrogen (secondary N) is 1. The molecule has 0 aliphatic rings. The largest absolute Gasteiger partial charge is 0.419 e. The van der Waals surface area contributed by atoms with Crippen LogP contribution >= 0.6 is 0 Å². The Labute approximate surface area is 72.8 Å². The third-order valence-corrected chi connectivity index (χ3v) is 1.80. The Bertz CT molecular complexity index is 565. The second-order valence-electron chi connectivity index (χ2n) is 2.84. The van der Waals surface area contributed by atoms with E-state index >= 15 is 0 Å². The molecule has 1 aromatic heterocycles. The smallest absolute Gasteiger partial charge is 0.409 e. The molecule has 2 rings (SSSR count). The third-order valence-electron chi connectivity index (χ3n) is 1.80. The lowest BCUT2D eigenvalue weighted by molar-refractivity contribution is 0.528. The van der Waals surface area contributed by atoms with Gasteiger partial charge in [0.2, 0.25) is 0 Å². The van der Waals surface area contributed by atoms with E-state index in [9.17, 15) is 9.59 Å². The summed E-state index contributed by atoms with van der Waals surface area (Å²) in [4.78, 5) is 24.1. The summed E-state index contributed by atoms with van der Waals surface area (Å²) < 4.78 is 4.79. The van der Waals surface area contributed by atoms with Crippen LogP contribution < -0.4 is 11.3 Å². The molecule has 0 fully saturated rings. The maximum atomic E-state index is 11.2. The van der Waals surface area contributed by atoms with Gasteiger partial charge in [-0.1, -0.05) is 11.6 Å². The first-order valence-electron chi connectivity index (χ1n) is 3.80. The Morgan fingerprint density at radius 2 is 2.08 bits per heavy atom. The van der Waals surface area contributed by atoms with Crippen molar-refractivity contribution in [2.45, 2.75) is 6.92 Å². The van der Waals surface area contributed by atoms with E-state index in [1.165, 1.54) is 0 Å². The Kier molecular flexibility index (Phi) is 1.55. The lowest BCUT2D eigenvalue weighted by Gasteiger charge is -1.95. The van der Waals surface area contributed by atoms with Gasteiger partial charge in [-0.25, -0.2) is 4.79 Å². The zero-order valence-electron chi connectivity index (χ0n) is 6.96. The second-order valence-corrected chi connectivity index (χ2v) is 2.84. The molecule has 0 bridgehead atoms. The fraction of sp³-hybridized carbons (Fsp3) is 0.111. The number of aromatic nitrogens is 1. The average Bonchev–Trinajstić information content (AvgIpc) is 2.06. The number of benzene rings is 1. The van der Waals surface area contributed by atoms with Gasteiger partial charge in [0.15, 0.2) is 0 Å². The van der Waals surface area contributed by atoms with Crippen LogP contribution in [-0.2, 0) is 0 Å². The lowest BCUT2D eigenvalue weighted by atomic mass is 10.2. The van der Waals surface area contributed by atoms with Gasteiger partial charge in [0.25, 0.3) is 5.56 Å². The zero-order valence-corrected chi connectivity index (χ0v) is 6.96. The summed E-state index contributed by atoms with van der Waals surface area (Å²) >= 11 is 0. The lowest BCUT2D eigenvalue weighted by Crippen LogP contribution is -2.17. The Morgan fingerprint density at radius 1 is 1.31 bits per heavy atom. The van der Waals surface area contributed by atoms with Gasteiger partial charge in [-0.15, -0.1) is 0 Å². The van der Waals surface area contributed by atoms with Crippen LogP contribution in [0.3, 0.4) is 0 Å². The van der Waals surface area contributed by atoms with E-state index in [4.69, 9.17) is 4.42 Å². The van der Waals surface area contributed by atoms with Gasteiger partial charge in [-0.3, -0.25) is 9.78 Å². The normalized spacial score (nSPS) is 10.5. The minimum absolute atomic E-state index is 0.319. The van der Waals surface area contributed by atoms with Crippen LogP contribution in [0.15, 0.2) is 32.2 Å². The molecule has 13 heavy (non-hydrogen) atoms. The van der Waals surface area contributed by atoms with Crippen LogP contribution in [0.1, 0.15) is 5.56 Å². The van der Waals surface area contributed by atoms with Crippen LogP contribution in [0.25, 0.3) is 11.0 Å². The number of fused-ring (bicyclic) bond motifs is 1. The van der Waals surface area contributed by atoms with E-state index in [0.29, 0.717) is 11.0 Å². The van der Waals surface area contributed by atoms with Crippen molar-refractivity contribution in [2.24, 2.45) is 0 Å². The van der Waals surface area contributed by atoms with Crippen molar-refractivity contribution in [1.82, 2.24) is 4.98 Å². The van der Waals surface area contributed by atoms with Gasteiger partial charge in [0.1, 0.15) is 5.58 Å². The summed E-state index contributed by atoms with van der Waals surface area (Å²) in [6.07, 6.45) is 0. The summed E-state index contributed by atoms with van der Waals surface area (Å²) in [5.41, 5.74) is 0.862. The Balaban J connectivity index is 3.04. The van der Waals surface area contributed by atoms with Crippen LogP contribution in [0, 0.1) is 6.92 Å². The topological polar surface area (TPSA) is 63.1 Å². The maximum absolute atomic E-state index is 11.2. The van der Waals surface area contributed by atoms with Gasteiger partial charge in [-0.05, 0) is 19.1 Å². The van der Waals surface area contributed by atoms with Crippen molar-refractivity contribution in [3.05, 3.63) is 44.7 Å². The van der Waals surface area contributed by atoms with Crippen LogP contribution in [0.4, 0.5) is 0 Å². The van der Waals surface area contributed by atoms with Gasteiger partial charge >= 0.3 is 5.76 Å². The number of aromatic amines is 1. The van der Waals surface area contributed by atoms with Crippen molar-refractivity contribution in [3.8, 4) is 0 Å². The summed E-state index contributed by atoms with van der Waals surface area (Å²) in [7, 11) is 0. The zero-order chi connectivity index (χ0) is 9.42. The summed E-state index contributed by atoms with van der Waals surface area (Å²) in [6, 6.07) is 5.07. The summed E-state index contributed by atoms with van der Waals surface area (Å²) in [5, 5.41) is 0.402. The van der Waals surface area contributed by atoms with E-state index in [1.54, 1.807) is 18.2 Å². The minimum atomic E-state index is -0.721. The summed E-state index contributed by atoms with van der Waals surface area (Å²) in [6.45, 7) is 1.87. The molecule has 0 radical (unpaired) electrons. The van der Waals surface area contributed by atoms with Crippen molar-refractivity contribution < 1.29 is 4.42 Å². The molecular weight excluding hydrogens is 170 g/mol. The monoisotopic (exact) mass is 177 g/mol. The average molecular weight is 177 g/mol. The van der Waals surface area contributed by atoms with Crippen LogP contribution in [0.2, 0.25) is 0 Å². The first-order valence-corrected chi connectivity index (χ1v) is 3.80. The van der Waals surface area contributed by atoms with Gasteiger partial charge < -0.3 is 4.42 Å². The van der Waals surface area contributed by atoms with Crippen LogP contribution in [0.5, 0.6) is 0 Å². The molecule has 1 N–H and O–H groups in total. The van der Waals surface area contributed by atoms with Crippen LogP contribution in [-0.4, -0.2) is 4.98 Å². The van der Waals surface area contributed by atoms with Crippen molar-refractivity contribution >= 4 is 11.0 Å². The molecule has 0 spiro atoms. The SMILES string of the molecule is Cc1ccc2oc(=O)[nH]c(=O)c2c1. The van der Waals surface area contributed by atoms with Gasteiger partial charge in [0.05, 0.1) is 5.39 Å². The van der Waals surface area contributed by atoms with Gasteiger partial charge in [-0.2, -0.15) is 0 Å². The van der Waals surface area contributed by atoms with E-state index in [2.05, 4.69) is 4.98 Å². The molecule has 0 atom stereocenters. The molecule has 1 aromatic carbocycles. The highest BCUT2D eigenvalue weighted by atomic mass is 16.4. The molecule has 2 aromatic rings. The molecular formula is C9H7NO3. The quantitative estimate of drug-likeness (QED) is 0.647. The number of aryl methyl sites for hydroxylation is 1. The third kappa shape index (κ3) is 1.26. The van der Waals surface area contributed by atoms with Crippen molar-refractivity contribution in [2.75, 3.05) is 0 Å². The molecule has 4 nitrogen and oxygen atoms in total. The van der Waals surface area contributed by atoms with E-state index in [0.717, 1.165) is 5.56 Å². The first-order chi connectivity index (χ1) is 6.16. The Morgan fingerprint density at radius 3 is 2.85 bits per heavy atom. The molecule has 66 valence electrons. The number of rotatable bonds is 0. The number of hydrogen-bond donors (Lipinski definition) is 1. The molecule has 0 saturated carbocycles. The standard InChI is InChI=1S/C9H7NO3/c1-5-2-3-7-6(4-5)8(11)10-9(12)13-7/h2-4H,1H3,(H,10,11,12). The maximum Gasteiger partial charge on any atom is 0.419 e. The highest BCUT2D eigenvalue weighted by Gasteiger charge is 2.01. The molecule has 0 amide bonds. The molecule has 0 saturated heterocycles. The van der Waals surface area contributed by atoms with E-state index in [-0.39, 0.29) is 0 Å². The highest BCUT2D eigenvalue weighted by molar-refractivity contribution is 5.75. The molecule has 1 heterocycles. The summed E-state index contributed by atoms with van der Waals surface area (Å²) in [5.74, 6) is -0.721. The molecule has 0 aliphatic carbocycles. The van der Waals surface area contributed by atoms with Gasteiger partial charge in [0, 0.05) is 0 Å². The van der Waals surface area contributed by atoms with Crippen molar-refractivity contribution in [1.29, 1.82) is 0 Å². The minimum Gasteiger partial charge on any atom is -0.409 e. The van der Waals surface area contributed by atoms with E-state index < -0.39 is 11.3 Å². The predicted octanol–water partition coefficient (Wildman–Crippen LogP) is 0.790. The van der Waals surface area contributed by atoms with E-state index in [1.807, 2.05) is 6.92 Å². The highest BCUT2D eigenvalue weighted by Crippen LogP contribution is 2.08. The number of H-pyrrole nitrogens is 1. The predicted molar refractivity (Wildman–Crippen MR) is 47.8 cm³/mol. The molecule has 0 aliphatic heterocycles. The first kappa shape index (κ1) is 7.79. The second kappa shape index (κ2) is 2.58. The Hall–Kier alpha value is -1.84. The fourth-order valence-electron chi connectivity index (χ4n) is 1.20. The molecule has 4 heteroatoms. The fourth-order valence-corrected chi connectivity index (χ4v) is 1.20. The molecule has 0 unspecified atom stereocenters.